The number of nitrogens with one attached hydrogen (secondary N) is 1. The number of carbonyl (C=O) groups excluding carboxylic acids is 1. The van der Waals surface area contributed by atoms with Crippen molar-refractivity contribution in [3.8, 4) is 10.7 Å². The molecule has 0 unspecified atom stereocenters. The molecular weight excluding hydrogens is 448 g/mol. The van der Waals surface area contributed by atoms with Crippen molar-refractivity contribution in [2.45, 2.75) is 24.7 Å². The maximum Gasteiger partial charge on any atom is 0.316 e. The zero-order valence-corrected chi connectivity index (χ0v) is 18.9. The van der Waals surface area contributed by atoms with E-state index in [9.17, 15) is 13.2 Å². The molecule has 0 radical (unpaired) electrons. The fourth-order valence-corrected chi connectivity index (χ4v) is 6.42. The third-order valence-electron chi connectivity index (χ3n) is 5.42. The average molecular weight is 469 g/mol. The van der Waals surface area contributed by atoms with E-state index < -0.39 is 10.0 Å². The van der Waals surface area contributed by atoms with Gasteiger partial charge in [-0.2, -0.15) is 4.98 Å². The number of likely N-dealkylation sites (tertiary alicyclic amines) is 1. The van der Waals surface area contributed by atoms with Crippen LogP contribution in [0.2, 0.25) is 0 Å². The van der Waals surface area contributed by atoms with Gasteiger partial charge in [-0.3, -0.25) is 9.52 Å². The predicted molar refractivity (Wildman–Crippen MR) is 122 cm³/mol. The molecule has 0 saturated carbocycles. The van der Waals surface area contributed by atoms with Crippen molar-refractivity contribution in [2.24, 2.45) is 0 Å². The van der Waals surface area contributed by atoms with Crippen LogP contribution < -0.4 is 4.72 Å². The maximum atomic E-state index is 13.2. The topological polar surface area (TPSA) is 105 Å². The highest BCUT2D eigenvalue weighted by molar-refractivity contribution is 7.93. The number of rotatable bonds is 5. The van der Waals surface area contributed by atoms with E-state index in [4.69, 9.17) is 4.52 Å². The number of anilines is 1. The number of sulfonamides is 1. The third kappa shape index (κ3) is 3.76. The monoisotopic (exact) mass is 468 g/mol. The molecule has 2 aromatic heterocycles. The zero-order chi connectivity index (χ0) is 22.3. The highest BCUT2D eigenvalue weighted by Gasteiger charge is 2.27. The Morgan fingerprint density at radius 2 is 1.88 bits per heavy atom. The molecule has 0 aliphatic carbocycles. The Hall–Kier alpha value is -3.24. The highest BCUT2D eigenvalue weighted by atomic mass is 32.2. The number of hydrogen-bond donors (Lipinski definition) is 1. The lowest BCUT2D eigenvalue weighted by Crippen LogP contribution is -2.27. The minimum atomic E-state index is -3.85. The molecule has 5 rings (SSSR count). The van der Waals surface area contributed by atoms with Crippen LogP contribution in [0.5, 0.6) is 0 Å². The first-order chi connectivity index (χ1) is 15.4. The van der Waals surface area contributed by atoms with E-state index in [1.54, 1.807) is 17.9 Å². The molecule has 1 saturated heterocycles. The molecule has 2 aromatic carbocycles. The zero-order valence-electron chi connectivity index (χ0n) is 17.2. The smallest absolute Gasteiger partial charge is 0.316 e. The molecule has 164 valence electrons. The van der Waals surface area contributed by atoms with Crippen LogP contribution in [0.25, 0.3) is 21.5 Å². The minimum absolute atomic E-state index is 0.0776. The van der Waals surface area contributed by atoms with Gasteiger partial charge in [0, 0.05) is 23.4 Å². The van der Waals surface area contributed by atoms with Crippen molar-refractivity contribution >= 4 is 43.7 Å². The van der Waals surface area contributed by atoms with E-state index in [2.05, 4.69) is 14.9 Å². The van der Waals surface area contributed by atoms with Gasteiger partial charge in [-0.25, -0.2) is 8.42 Å². The second-order valence-corrected chi connectivity index (χ2v) is 10.5. The molecule has 4 aromatic rings. The molecule has 10 heteroatoms. The van der Waals surface area contributed by atoms with Crippen LogP contribution in [0.1, 0.15) is 28.4 Å². The molecule has 0 bridgehead atoms. The van der Waals surface area contributed by atoms with Crippen molar-refractivity contribution in [1.29, 1.82) is 0 Å². The number of carbonyl (C=O) groups is 1. The van der Waals surface area contributed by atoms with Crippen LogP contribution >= 0.6 is 11.3 Å². The number of hydrogen-bond acceptors (Lipinski definition) is 7. The lowest BCUT2D eigenvalue weighted by atomic mass is 10.1. The maximum absolute atomic E-state index is 13.2. The summed E-state index contributed by atoms with van der Waals surface area (Å²) in [7, 11) is -3.85. The fourth-order valence-electron chi connectivity index (χ4n) is 3.82. The number of aromatic nitrogens is 2. The summed E-state index contributed by atoms with van der Waals surface area (Å²) in [6.45, 7) is 3.08. The van der Waals surface area contributed by atoms with E-state index >= 15 is 0 Å². The van der Waals surface area contributed by atoms with Gasteiger partial charge in [-0.15, -0.1) is 11.3 Å². The predicted octanol–water partition coefficient (Wildman–Crippen LogP) is 4.30. The lowest BCUT2D eigenvalue weighted by molar-refractivity contribution is 0.0743. The molecule has 1 N–H and O–H groups in total. The van der Waals surface area contributed by atoms with Crippen LogP contribution in [0.4, 0.5) is 5.69 Å². The first-order valence-electron chi connectivity index (χ1n) is 10.2. The van der Waals surface area contributed by atoms with E-state index in [1.165, 1.54) is 17.4 Å². The van der Waals surface area contributed by atoms with Crippen LogP contribution in [0, 0.1) is 6.92 Å². The van der Waals surface area contributed by atoms with E-state index in [0.29, 0.717) is 28.5 Å². The Balaban J connectivity index is 1.43. The average Bonchev–Trinajstić information content (AvgIpc) is 3.54. The number of thiophene rings is 1. The summed E-state index contributed by atoms with van der Waals surface area (Å²) in [5.41, 5.74) is 0.508. The standard InChI is InChI=1S/C22H20N4O4S2/c1-14-19(32(28,29)25-17-10-6-8-15-7-2-3-9-16(15)17)13-18(31-14)20-23-21(30-24-20)22(27)26-11-4-5-12-26/h2-3,6-10,13,25H,4-5,11-12H2,1H3. The second-order valence-electron chi connectivity index (χ2n) is 7.59. The molecule has 32 heavy (non-hydrogen) atoms. The number of fused-ring (bicyclic) bond motifs is 1. The molecular formula is C22H20N4O4S2. The first kappa shape index (κ1) is 20.7. The van der Waals surface area contributed by atoms with Gasteiger partial charge < -0.3 is 9.42 Å². The van der Waals surface area contributed by atoms with Gasteiger partial charge in [0.25, 0.3) is 10.0 Å². The SMILES string of the molecule is Cc1sc(-c2noc(C(=O)N3CCCC3)n2)cc1S(=O)(=O)Nc1cccc2ccccc12. The lowest BCUT2D eigenvalue weighted by Gasteiger charge is -2.10. The quantitative estimate of drug-likeness (QED) is 0.468. The van der Waals surface area contributed by atoms with E-state index in [0.717, 1.165) is 23.6 Å². The summed E-state index contributed by atoms with van der Waals surface area (Å²) in [5.74, 6) is -0.168. The van der Waals surface area contributed by atoms with E-state index in [1.807, 2.05) is 36.4 Å². The summed E-state index contributed by atoms with van der Waals surface area (Å²) >= 11 is 1.24. The van der Waals surface area contributed by atoms with Gasteiger partial charge in [-0.1, -0.05) is 41.6 Å². The van der Waals surface area contributed by atoms with Gasteiger partial charge in [0.2, 0.25) is 5.82 Å². The van der Waals surface area contributed by atoms with Crippen LogP contribution in [0.15, 0.2) is 57.9 Å². The van der Waals surface area contributed by atoms with Crippen LogP contribution in [0.3, 0.4) is 0 Å². The van der Waals surface area contributed by atoms with E-state index in [-0.39, 0.29) is 22.5 Å². The van der Waals surface area contributed by atoms with Crippen molar-refractivity contribution in [2.75, 3.05) is 17.8 Å². The van der Waals surface area contributed by atoms with Crippen LogP contribution in [-0.4, -0.2) is 42.5 Å². The van der Waals surface area contributed by atoms with Gasteiger partial charge in [0.1, 0.15) is 4.90 Å². The number of nitrogens with zero attached hydrogens (tertiary/aromatic N) is 3. The molecule has 0 spiro atoms. The first-order valence-corrected chi connectivity index (χ1v) is 12.5. The van der Waals surface area contributed by atoms with Crippen molar-refractivity contribution in [1.82, 2.24) is 15.0 Å². The number of benzene rings is 2. The van der Waals surface area contributed by atoms with Crippen molar-refractivity contribution in [3.63, 3.8) is 0 Å². The third-order valence-corrected chi connectivity index (χ3v) is 8.09. The van der Waals surface area contributed by atoms with Gasteiger partial charge in [0.15, 0.2) is 0 Å². The van der Waals surface area contributed by atoms with Gasteiger partial charge >= 0.3 is 11.8 Å². The van der Waals surface area contributed by atoms with Crippen molar-refractivity contribution < 1.29 is 17.7 Å². The normalized spacial score (nSPS) is 14.2. The Bertz CT molecular complexity index is 1410. The molecule has 1 aliphatic rings. The molecule has 8 nitrogen and oxygen atoms in total. The summed E-state index contributed by atoms with van der Waals surface area (Å²) in [5, 5.41) is 5.66. The molecule has 1 aliphatic heterocycles. The number of aryl methyl sites for hydroxylation is 1. The molecule has 3 heterocycles. The summed E-state index contributed by atoms with van der Waals surface area (Å²) in [6.07, 6.45) is 1.92. The Morgan fingerprint density at radius 1 is 1.12 bits per heavy atom. The summed E-state index contributed by atoms with van der Waals surface area (Å²) in [6, 6.07) is 14.6. The van der Waals surface area contributed by atoms with Crippen LogP contribution in [-0.2, 0) is 10.0 Å². The Labute approximate surface area is 188 Å². The molecule has 0 atom stereocenters. The molecule has 1 fully saturated rings. The molecule has 1 amide bonds. The highest BCUT2D eigenvalue weighted by Crippen LogP contribution is 2.34. The second kappa shape index (κ2) is 8.03. The largest absolute Gasteiger partial charge is 0.334 e. The van der Waals surface area contributed by atoms with Crippen molar-refractivity contribution in [3.05, 3.63) is 59.3 Å². The van der Waals surface area contributed by atoms with Gasteiger partial charge in [-0.05, 0) is 37.3 Å². The van der Waals surface area contributed by atoms with Gasteiger partial charge in [0.05, 0.1) is 10.6 Å². The minimum Gasteiger partial charge on any atom is -0.334 e. The Morgan fingerprint density at radius 3 is 2.69 bits per heavy atom. The summed E-state index contributed by atoms with van der Waals surface area (Å²) in [4.78, 5) is 19.6. The number of amides is 1. The fraction of sp³-hybridized carbons (Fsp3) is 0.227. The Kier molecular flexibility index (Phi) is 5.18. The summed E-state index contributed by atoms with van der Waals surface area (Å²) < 4.78 is 34.2.